The lowest BCUT2D eigenvalue weighted by Crippen LogP contribution is -2.08. The third kappa shape index (κ3) is 2.14. The molecule has 4 aromatic rings. The fraction of sp³-hybridized carbons (Fsp3) is 0.0556. The Bertz CT molecular complexity index is 1100. The van der Waals surface area contributed by atoms with Gasteiger partial charge in [-0.1, -0.05) is 42.0 Å². The Hall–Kier alpha value is -3.21. The number of aromatic nitrogens is 2. The maximum Gasteiger partial charge on any atom is 0.349 e. The normalized spacial score (nSPS) is 11.2. The summed E-state index contributed by atoms with van der Waals surface area (Å²) in [6, 6.07) is 15.1. The minimum absolute atomic E-state index is 0.130. The van der Waals surface area contributed by atoms with Crippen molar-refractivity contribution in [2.45, 2.75) is 6.92 Å². The number of nitrogens with two attached hydrogens (primary N) is 1. The summed E-state index contributed by atoms with van der Waals surface area (Å²) >= 11 is 0. The van der Waals surface area contributed by atoms with Gasteiger partial charge in [-0.3, -0.25) is 0 Å². The number of anilines is 1. The van der Waals surface area contributed by atoms with Gasteiger partial charge in [0.25, 0.3) is 0 Å². The molecule has 4 rings (SSSR count). The number of rotatable bonds is 1. The van der Waals surface area contributed by atoms with Crippen LogP contribution in [0.4, 0.5) is 5.82 Å². The summed E-state index contributed by atoms with van der Waals surface area (Å²) in [6.45, 7) is 2.01. The van der Waals surface area contributed by atoms with Crippen LogP contribution in [0.25, 0.3) is 33.3 Å². The number of benzene rings is 2. The van der Waals surface area contributed by atoms with Gasteiger partial charge in [0.15, 0.2) is 5.82 Å². The van der Waals surface area contributed by atoms with Gasteiger partial charge in [-0.25, -0.2) is 14.8 Å². The second-order valence-electron chi connectivity index (χ2n) is 5.41. The summed E-state index contributed by atoms with van der Waals surface area (Å²) in [6.07, 6.45) is 0. The average molecular weight is 303 g/mol. The Morgan fingerprint density at radius 2 is 1.74 bits per heavy atom. The van der Waals surface area contributed by atoms with Gasteiger partial charge in [0.05, 0.1) is 5.52 Å². The molecule has 0 amide bonds. The highest BCUT2D eigenvalue weighted by Gasteiger charge is 2.15. The molecule has 0 bridgehead atoms. The molecular formula is C18H13N3O2. The lowest BCUT2D eigenvalue weighted by atomic mass is 10.1. The molecule has 0 aliphatic carbocycles. The van der Waals surface area contributed by atoms with Crippen molar-refractivity contribution in [2.75, 3.05) is 5.73 Å². The van der Waals surface area contributed by atoms with Crippen LogP contribution in [-0.4, -0.2) is 9.97 Å². The van der Waals surface area contributed by atoms with Crippen molar-refractivity contribution in [2.24, 2.45) is 0 Å². The first-order chi connectivity index (χ1) is 11.1. The van der Waals surface area contributed by atoms with Crippen LogP contribution < -0.4 is 11.4 Å². The standard InChI is InChI=1S/C18H13N3O2/c1-10-6-8-11(9-7-10)17-20-15-12-4-2-3-5-13(12)23-18(22)14(15)16(19)21-17/h2-9H,1H3,(H2,19,20,21). The molecule has 0 aliphatic rings. The van der Waals surface area contributed by atoms with Crippen LogP contribution in [0.2, 0.25) is 0 Å². The van der Waals surface area contributed by atoms with Crippen LogP contribution in [0.15, 0.2) is 57.7 Å². The molecule has 0 unspecified atom stereocenters. The van der Waals surface area contributed by atoms with Crippen molar-refractivity contribution < 1.29 is 4.42 Å². The van der Waals surface area contributed by atoms with Crippen molar-refractivity contribution in [3.8, 4) is 11.4 Å². The maximum absolute atomic E-state index is 12.2. The van der Waals surface area contributed by atoms with Gasteiger partial charge >= 0.3 is 5.63 Å². The van der Waals surface area contributed by atoms with E-state index in [4.69, 9.17) is 10.2 Å². The summed E-state index contributed by atoms with van der Waals surface area (Å²) in [7, 11) is 0. The Kier molecular flexibility index (Phi) is 2.87. The smallest absolute Gasteiger partial charge is 0.349 e. The minimum atomic E-state index is -0.522. The number of aryl methyl sites for hydroxylation is 1. The highest BCUT2D eigenvalue weighted by atomic mass is 16.4. The fourth-order valence-electron chi connectivity index (χ4n) is 2.61. The first-order valence-corrected chi connectivity index (χ1v) is 7.19. The van der Waals surface area contributed by atoms with E-state index in [1.807, 2.05) is 49.4 Å². The zero-order valence-corrected chi connectivity index (χ0v) is 12.4. The number of nitrogen functional groups attached to an aromatic ring is 1. The number of para-hydroxylation sites is 1. The topological polar surface area (TPSA) is 82.0 Å². The van der Waals surface area contributed by atoms with E-state index < -0.39 is 5.63 Å². The second kappa shape index (κ2) is 4.91. The third-order valence-corrected chi connectivity index (χ3v) is 3.80. The van der Waals surface area contributed by atoms with Gasteiger partial charge in [0, 0.05) is 10.9 Å². The van der Waals surface area contributed by atoms with Crippen molar-refractivity contribution >= 4 is 27.7 Å². The SMILES string of the molecule is Cc1ccc(-c2nc(N)c3c(=O)oc4ccccc4c3n2)cc1. The van der Waals surface area contributed by atoms with E-state index in [1.165, 1.54) is 0 Å². The molecule has 0 radical (unpaired) electrons. The summed E-state index contributed by atoms with van der Waals surface area (Å²) in [5.74, 6) is 0.621. The first kappa shape index (κ1) is 13.5. The van der Waals surface area contributed by atoms with E-state index in [2.05, 4.69) is 9.97 Å². The number of nitrogens with zero attached hydrogens (tertiary/aromatic N) is 2. The fourth-order valence-corrected chi connectivity index (χ4v) is 2.61. The Morgan fingerprint density at radius 3 is 2.52 bits per heavy atom. The molecule has 2 aromatic heterocycles. The Balaban J connectivity index is 2.11. The molecule has 5 nitrogen and oxygen atoms in total. The van der Waals surface area contributed by atoms with Crippen LogP contribution in [0.5, 0.6) is 0 Å². The molecule has 0 atom stereocenters. The van der Waals surface area contributed by atoms with Crippen molar-refractivity contribution in [1.82, 2.24) is 9.97 Å². The predicted octanol–water partition coefficient (Wildman–Crippen LogP) is 3.29. The van der Waals surface area contributed by atoms with E-state index in [9.17, 15) is 4.79 Å². The molecule has 2 N–H and O–H groups in total. The highest BCUT2D eigenvalue weighted by molar-refractivity contribution is 6.05. The average Bonchev–Trinajstić information content (AvgIpc) is 2.55. The van der Waals surface area contributed by atoms with Crippen molar-refractivity contribution in [1.29, 1.82) is 0 Å². The lowest BCUT2D eigenvalue weighted by Gasteiger charge is -2.07. The van der Waals surface area contributed by atoms with Crippen LogP contribution in [0.3, 0.4) is 0 Å². The van der Waals surface area contributed by atoms with E-state index >= 15 is 0 Å². The molecule has 112 valence electrons. The van der Waals surface area contributed by atoms with Crippen LogP contribution in [0, 0.1) is 6.92 Å². The molecule has 2 aromatic carbocycles. The molecule has 2 heterocycles. The lowest BCUT2D eigenvalue weighted by molar-refractivity contribution is 0.569. The first-order valence-electron chi connectivity index (χ1n) is 7.19. The van der Waals surface area contributed by atoms with Gasteiger partial charge in [-0.2, -0.15) is 0 Å². The molecule has 0 saturated carbocycles. The van der Waals surface area contributed by atoms with E-state index in [1.54, 1.807) is 6.07 Å². The van der Waals surface area contributed by atoms with Crippen LogP contribution in [-0.2, 0) is 0 Å². The molecule has 0 spiro atoms. The van der Waals surface area contributed by atoms with Gasteiger partial charge in [-0.05, 0) is 19.1 Å². The summed E-state index contributed by atoms with van der Waals surface area (Å²) in [4.78, 5) is 21.0. The highest BCUT2D eigenvalue weighted by Crippen LogP contribution is 2.26. The van der Waals surface area contributed by atoms with E-state index in [0.29, 0.717) is 16.9 Å². The second-order valence-corrected chi connectivity index (χ2v) is 5.41. The predicted molar refractivity (Wildman–Crippen MR) is 90.2 cm³/mol. The Morgan fingerprint density at radius 1 is 1.00 bits per heavy atom. The van der Waals surface area contributed by atoms with Gasteiger partial charge in [0.2, 0.25) is 0 Å². The van der Waals surface area contributed by atoms with Crippen molar-refractivity contribution in [3.05, 3.63) is 64.5 Å². The molecular weight excluding hydrogens is 290 g/mol. The van der Waals surface area contributed by atoms with Gasteiger partial charge < -0.3 is 10.2 Å². The van der Waals surface area contributed by atoms with E-state index in [0.717, 1.165) is 16.5 Å². The number of hydrogen-bond donors (Lipinski definition) is 1. The monoisotopic (exact) mass is 303 g/mol. The van der Waals surface area contributed by atoms with Crippen LogP contribution in [0.1, 0.15) is 5.56 Å². The quantitative estimate of drug-likeness (QED) is 0.431. The maximum atomic E-state index is 12.2. The summed E-state index contributed by atoms with van der Waals surface area (Å²) < 4.78 is 5.30. The molecule has 0 saturated heterocycles. The molecule has 0 fully saturated rings. The zero-order chi connectivity index (χ0) is 16.0. The molecule has 5 heteroatoms. The van der Waals surface area contributed by atoms with Crippen LogP contribution >= 0.6 is 0 Å². The molecule has 0 aliphatic heterocycles. The largest absolute Gasteiger partial charge is 0.422 e. The number of hydrogen-bond acceptors (Lipinski definition) is 5. The minimum Gasteiger partial charge on any atom is -0.422 e. The zero-order valence-electron chi connectivity index (χ0n) is 12.4. The molecule has 23 heavy (non-hydrogen) atoms. The summed E-state index contributed by atoms with van der Waals surface area (Å²) in [5, 5.41) is 0.962. The third-order valence-electron chi connectivity index (χ3n) is 3.80. The van der Waals surface area contributed by atoms with Gasteiger partial charge in [-0.15, -0.1) is 0 Å². The van der Waals surface area contributed by atoms with Gasteiger partial charge in [0.1, 0.15) is 16.8 Å². The number of fused-ring (bicyclic) bond motifs is 3. The van der Waals surface area contributed by atoms with Crippen molar-refractivity contribution in [3.63, 3.8) is 0 Å². The Labute approximate surface area is 131 Å². The summed E-state index contributed by atoms with van der Waals surface area (Å²) in [5.41, 5.74) is 8.48. The van der Waals surface area contributed by atoms with E-state index in [-0.39, 0.29) is 11.2 Å².